The lowest BCUT2D eigenvalue weighted by Crippen LogP contribution is -2.31. The number of rotatable bonds is 7. The van der Waals surface area contributed by atoms with Crippen LogP contribution in [-0.2, 0) is 10.0 Å². The summed E-state index contributed by atoms with van der Waals surface area (Å²) in [5, 5.41) is 17.1. The number of aromatic nitrogens is 6. The molecule has 2 N–H and O–H groups in total. The molecule has 0 aliphatic heterocycles. The molecule has 12 heteroatoms. The number of benzene rings is 1. The van der Waals surface area contributed by atoms with Gasteiger partial charge in [-0.3, -0.25) is 4.68 Å². The first-order valence-electron chi connectivity index (χ1n) is 8.10. The Morgan fingerprint density at radius 1 is 1.29 bits per heavy atom. The normalized spacial score (nSPS) is 12.9. The molecule has 0 aliphatic carbocycles. The molecule has 3 aromatic heterocycles. The number of aromatic amines is 1. The summed E-state index contributed by atoms with van der Waals surface area (Å²) >= 11 is 0. The number of furan rings is 1. The van der Waals surface area contributed by atoms with Gasteiger partial charge < -0.3 is 4.42 Å². The second-order valence-corrected chi connectivity index (χ2v) is 7.51. The molecule has 28 heavy (non-hydrogen) atoms. The van der Waals surface area contributed by atoms with Crippen LogP contribution in [0.4, 0.5) is 4.39 Å². The third-order valence-electron chi connectivity index (χ3n) is 4.02. The quantitative estimate of drug-likeness (QED) is 0.476. The van der Waals surface area contributed by atoms with Gasteiger partial charge in [0.05, 0.1) is 16.7 Å². The van der Waals surface area contributed by atoms with Crippen LogP contribution in [0.15, 0.2) is 64.4 Å². The van der Waals surface area contributed by atoms with E-state index in [1.807, 2.05) is 0 Å². The molecular weight excluding hydrogens is 389 g/mol. The first-order valence-corrected chi connectivity index (χ1v) is 9.58. The predicted molar refractivity (Wildman–Crippen MR) is 93.8 cm³/mol. The Hall–Kier alpha value is -3.38. The van der Waals surface area contributed by atoms with Gasteiger partial charge in [0.25, 0.3) is 0 Å². The maximum Gasteiger partial charge on any atom is 0.240 e. The third-order valence-corrected chi connectivity index (χ3v) is 5.44. The van der Waals surface area contributed by atoms with E-state index in [1.54, 1.807) is 35.3 Å². The SMILES string of the molecule is O=S(=O)(NCC(c1ccco1)n1cccn1)c1ccc(F)c(-c2nn[nH]n2)c1. The van der Waals surface area contributed by atoms with Crippen molar-refractivity contribution in [3.05, 3.63) is 66.6 Å². The lowest BCUT2D eigenvalue weighted by molar-refractivity contribution is 0.402. The average Bonchev–Trinajstić information content (AvgIpc) is 3.45. The summed E-state index contributed by atoms with van der Waals surface area (Å²) in [6.45, 7) is -0.0214. The number of sulfonamides is 1. The van der Waals surface area contributed by atoms with E-state index in [1.165, 1.54) is 6.26 Å². The number of nitrogens with one attached hydrogen (secondary N) is 2. The van der Waals surface area contributed by atoms with Crippen LogP contribution in [0.1, 0.15) is 11.8 Å². The van der Waals surface area contributed by atoms with Gasteiger partial charge in [-0.15, -0.1) is 10.2 Å². The highest BCUT2D eigenvalue weighted by Gasteiger charge is 2.23. The maximum absolute atomic E-state index is 14.0. The first-order chi connectivity index (χ1) is 13.5. The topological polar surface area (TPSA) is 132 Å². The smallest absolute Gasteiger partial charge is 0.240 e. The summed E-state index contributed by atoms with van der Waals surface area (Å²) in [5.41, 5.74) is -0.0775. The van der Waals surface area contributed by atoms with E-state index in [0.29, 0.717) is 5.76 Å². The zero-order valence-electron chi connectivity index (χ0n) is 14.2. The highest BCUT2D eigenvalue weighted by Crippen LogP contribution is 2.23. The number of hydrogen-bond acceptors (Lipinski definition) is 7. The van der Waals surface area contributed by atoms with Gasteiger partial charge in [0.2, 0.25) is 15.8 Å². The molecule has 10 nitrogen and oxygen atoms in total. The lowest BCUT2D eigenvalue weighted by Gasteiger charge is -2.16. The molecule has 1 unspecified atom stereocenters. The van der Waals surface area contributed by atoms with Crippen molar-refractivity contribution >= 4 is 10.0 Å². The molecule has 0 aliphatic rings. The van der Waals surface area contributed by atoms with Crippen LogP contribution in [0.3, 0.4) is 0 Å². The maximum atomic E-state index is 14.0. The van der Waals surface area contributed by atoms with Crippen molar-refractivity contribution in [1.29, 1.82) is 0 Å². The molecule has 1 aromatic carbocycles. The fraction of sp³-hybridized carbons (Fsp3) is 0.125. The van der Waals surface area contributed by atoms with Crippen molar-refractivity contribution in [2.75, 3.05) is 6.54 Å². The zero-order valence-corrected chi connectivity index (χ0v) is 15.0. The summed E-state index contributed by atoms with van der Waals surface area (Å²) in [7, 11) is -3.95. The van der Waals surface area contributed by atoms with Crippen molar-refractivity contribution in [2.45, 2.75) is 10.9 Å². The second-order valence-electron chi connectivity index (χ2n) is 5.75. The highest BCUT2D eigenvalue weighted by atomic mass is 32.2. The zero-order chi connectivity index (χ0) is 19.6. The molecule has 0 bridgehead atoms. The molecule has 4 aromatic rings. The van der Waals surface area contributed by atoms with Crippen molar-refractivity contribution in [3.63, 3.8) is 0 Å². The first kappa shape index (κ1) is 18.0. The minimum atomic E-state index is -3.95. The summed E-state index contributed by atoms with van der Waals surface area (Å²) < 4.78 is 49.0. The standard InChI is InChI=1S/C16H14FN7O3S/c17-13-5-4-11(9-12(13)16-20-22-23-21-16)28(25,26)19-10-14(15-3-1-8-27-15)24-7-2-6-18-24/h1-9,14,19H,10H2,(H,20,21,22,23). The summed E-state index contributed by atoms with van der Waals surface area (Å²) in [6, 6.07) is 8.02. The monoisotopic (exact) mass is 403 g/mol. The molecule has 0 saturated carbocycles. The van der Waals surface area contributed by atoms with E-state index in [4.69, 9.17) is 4.42 Å². The summed E-state index contributed by atoms with van der Waals surface area (Å²) in [6.07, 6.45) is 4.78. The van der Waals surface area contributed by atoms with Gasteiger partial charge in [-0.2, -0.15) is 10.3 Å². The van der Waals surface area contributed by atoms with Crippen LogP contribution in [0, 0.1) is 5.82 Å². The van der Waals surface area contributed by atoms with Crippen LogP contribution >= 0.6 is 0 Å². The molecule has 1 atom stereocenters. The minimum absolute atomic E-state index is 0.0214. The fourth-order valence-corrected chi connectivity index (χ4v) is 3.73. The van der Waals surface area contributed by atoms with E-state index in [0.717, 1.165) is 18.2 Å². The van der Waals surface area contributed by atoms with Crippen molar-refractivity contribution in [1.82, 2.24) is 35.1 Å². The van der Waals surface area contributed by atoms with Gasteiger partial charge in [-0.25, -0.2) is 17.5 Å². The second kappa shape index (κ2) is 7.32. The van der Waals surface area contributed by atoms with E-state index in [9.17, 15) is 12.8 Å². The number of tetrazole rings is 1. The van der Waals surface area contributed by atoms with E-state index >= 15 is 0 Å². The Kier molecular flexibility index (Phi) is 4.71. The Balaban J connectivity index is 1.60. The average molecular weight is 403 g/mol. The van der Waals surface area contributed by atoms with Crippen LogP contribution in [0.2, 0.25) is 0 Å². The van der Waals surface area contributed by atoms with Crippen LogP contribution in [0.5, 0.6) is 0 Å². The Labute approximate surface area is 158 Å². The summed E-state index contributed by atoms with van der Waals surface area (Å²) in [5.74, 6) is -0.164. The minimum Gasteiger partial charge on any atom is -0.467 e. The lowest BCUT2D eigenvalue weighted by atomic mass is 10.2. The largest absolute Gasteiger partial charge is 0.467 e. The Morgan fingerprint density at radius 2 is 2.18 bits per heavy atom. The van der Waals surface area contributed by atoms with E-state index in [-0.39, 0.29) is 22.8 Å². The van der Waals surface area contributed by atoms with Crippen LogP contribution < -0.4 is 4.72 Å². The fourth-order valence-electron chi connectivity index (χ4n) is 2.66. The van der Waals surface area contributed by atoms with Crippen molar-refractivity contribution in [3.8, 4) is 11.4 Å². The van der Waals surface area contributed by atoms with Crippen molar-refractivity contribution in [2.24, 2.45) is 0 Å². The van der Waals surface area contributed by atoms with Crippen molar-refractivity contribution < 1.29 is 17.2 Å². The summed E-state index contributed by atoms with van der Waals surface area (Å²) in [4.78, 5) is -0.132. The number of H-pyrrole nitrogens is 1. The van der Waals surface area contributed by atoms with Gasteiger partial charge in [0, 0.05) is 18.9 Å². The van der Waals surface area contributed by atoms with E-state index in [2.05, 4.69) is 30.4 Å². The molecule has 0 saturated heterocycles. The van der Waals surface area contributed by atoms with Crippen LogP contribution in [0.25, 0.3) is 11.4 Å². The molecule has 0 fully saturated rings. The number of halogens is 1. The molecule has 4 rings (SSSR count). The molecular formula is C16H14FN7O3S. The Bertz CT molecular complexity index is 1110. The van der Waals surface area contributed by atoms with Gasteiger partial charge in [0.1, 0.15) is 17.6 Å². The molecule has 3 heterocycles. The van der Waals surface area contributed by atoms with Gasteiger partial charge in [0.15, 0.2) is 0 Å². The number of nitrogens with zero attached hydrogens (tertiary/aromatic N) is 5. The number of hydrogen-bond donors (Lipinski definition) is 2. The highest BCUT2D eigenvalue weighted by molar-refractivity contribution is 7.89. The molecule has 0 amide bonds. The van der Waals surface area contributed by atoms with Gasteiger partial charge in [-0.05, 0) is 41.6 Å². The van der Waals surface area contributed by atoms with Gasteiger partial charge in [-0.1, -0.05) is 0 Å². The van der Waals surface area contributed by atoms with Crippen LogP contribution in [-0.4, -0.2) is 45.4 Å². The Morgan fingerprint density at radius 3 is 2.86 bits per heavy atom. The van der Waals surface area contributed by atoms with Gasteiger partial charge >= 0.3 is 0 Å². The molecule has 0 radical (unpaired) electrons. The molecule has 144 valence electrons. The third kappa shape index (κ3) is 3.54. The predicted octanol–water partition coefficient (Wildman–Crippen LogP) is 1.36. The van der Waals surface area contributed by atoms with E-state index < -0.39 is 21.9 Å². The molecule has 0 spiro atoms.